The van der Waals surface area contributed by atoms with E-state index in [0.717, 1.165) is 12.8 Å². The highest BCUT2D eigenvalue weighted by molar-refractivity contribution is 5.91. The largest absolute Gasteiger partial charge is 0.466 e. The first-order valence-corrected chi connectivity index (χ1v) is 6.86. The summed E-state index contributed by atoms with van der Waals surface area (Å²) < 4.78 is 5.01. The first-order chi connectivity index (χ1) is 9.11. The number of nitrogens with one attached hydrogen (secondary N) is 1. The Hall–Kier alpha value is -1.59. The molecule has 2 heterocycles. The Kier molecular flexibility index (Phi) is 4.39. The quantitative estimate of drug-likeness (QED) is 0.735. The van der Waals surface area contributed by atoms with E-state index in [9.17, 15) is 14.4 Å². The van der Waals surface area contributed by atoms with Crippen LogP contribution in [0.25, 0.3) is 0 Å². The highest BCUT2D eigenvalue weighted by Crippen LogP contribution is 2.20. The minimum atomic E-state index is -0.409. The van der Waals surface area contributed by atoms with Gasteiger partial charge in [-0.1, -0.05) is 0 Å². The summed E-state index contributed by atoms with van der Waals surface area (Å²) in [6.45, 7) is 3.20. The molecule has 0 spiro atoms. The van der Waals surface area contributed by atoms with Crippen LogP contribution < -0.4 is 5.32 Å². The molecule has 0 aromatic heterocycles. The van der Waals surface area contributed by atoms with E-state index in [1.807, 2.05) is 0 Å². The number of carbonyl (C=O) groups is 3. The van der Waals surface area contributed by atoms with Crippen LogP contribution in [0.5, 0.6) is 0 Å². The molecule has 2 saturated heterocycles. The molecule has 2 amide bonds. The van der Waals surface area contributed by atoms with Gasteiger partial charge in [-0.3, -0.25) is 14.4 Å². The van der Waals surface area contributed by atoms with Gasteiger partial charge in [0.15, 0.2) is 0 Å². The maximum absolute atomic E-state index is 12.2. The number of carbonyl (C=O) groups excluding carboxylic acids is 3. The Balaban J connectivity index is 1.91. The molecule has 106 valence electrons. The Morgan fingerprint density at radius 3 is 2.84 bits per heavy atom. The maximum atomic E-state index is 12.2. The summed E-state index contributed by atoms with van der Waals surface area (Å²) in [4.78, 5) is 36.8. The minimum absolute atomic E-state index is 0.0696. The molecule has 0 aliphatic carbocycles. The van der Waals surface area contributed by atoms with Gasteiger partial charge in [0.2, 0.25) is 11.8 Å². The van der Waals surface area contributed by atoms with Crippen LogP contribution in [0.1, 0.15) is 32.6 Å². The fraction of sp³-hybridized carbons (Fsp3) is 0.769. The topological polar surface area (TPSA) is 75.7 Å². The number of rotatable bonds is 3. The van der Waals surface area contributed by atoms with E-state index in [4.69, 9.17) is 4.74 Å². The molecule has 0 radical (unpaired) electrons. The second kappa shape index (κ2) is 6.04. The molecule has 2 rings (SSSR count). The maximum Gasteiger partial charge on any atom is 0.310 e. The van der Waals surface area contributed by atoms with Crippen LogP contribution in [0.2, 0.25) is 0 Å². The van der Waals surface area contributed by atoms with E-state index in [0.29, 0.717) is 32.5 Å². The van der Waals surface area contributed by atoms with Gasteiger partial charge in [-0.05, 0) is 26.2 Å². The van der Waals surface area contributed by atoms with Crippen molar-refractivity contribution < 1.29 is 19.1 Å². The summed E-state index contributed by atoms with van der Waals surface area (Å²) in [5, 5.41) is 2.67. The second-order valence-corrected chi connectivity index (χ2v) is 5.03. The zero-order chi connectivity index (χ0) is 13.8. The number of piperidine rings is 1. The van der Waals surface area contributed by atoms with E-state index in [1.54, 1.807) is 11.8 Å². The van der Waals surface area contributed by atoms with E-state index < -0.39 is 6.04 Å². The molecular weight excluding hydrogens is 248 g/mol. The van der Waals surface area contributed by atoms with Gasteiger partial charge in [0.1, 0.15) is 6.04 Å². The Morgan fingerprint density at radius 1 is 1.42 bits per heavy atom. The highest BCUT2D eigenvalue weighted by atomic mass is 16.5. The first kappa shape index (κ1) is 13.8. The standard InChI is InChI=1S/C13H20N2O4/c1-2-19-13(18)9-4-3-7-15(8-9)12(17)10-5-6-11(16)14-10/h9-10H,2-8H2,1H3,(H,14,16). The zero-order valence-corrected chi connectivity index (χ0v) is 11.2. The molecule has 0 aromatic rings. The van der Waals surface area contributed by atoms with Crippen molar-refractivity contribution in [1.29, 1.82) is 0 Å². The van der Waals surface area contributed by atoms with Crippen molar-refractivity contribution in [3.63, 3.8) is 0 Å². The van der Waals surface area contributed by atoms with Crippen molar-refractivity contribution in [2.75, 3.05) is 19.7 Å². The summed E-state index contributed by atoms with van der Waals surface area (Å²) in [5.41, 5.74) is 0. The van der Waals surface area contributed by atoms with Crippen molar-refractivity contribution in [2.45, 2.75) is 38.6 Å². The Labute approximate surface area is 112 Å². The molecule has 2 aliphatic heterocycles. The number of ether oxygens (including phenoxy) is 1. The van der Waals surface area contributed by atoms with Crippen LogP contribution >= 0.6 is 0 Å². The highest BCUT2D eigenvalue weighted by Gasteiger charge is 2.35. The molecule has 1 N–H and O–H groups in total. The molecule has 2 fully saturated rings. The van der Waals surface area contributed by atoms with Crippen LogP contribution in [-0.4, -0.2) is 48.4 Å². The predicted molar refractivity (Wildman–Crippen MR) is 67.1 cm³/mol. The van der Waals surface area contributed by atoms with Crippen LogP contribution in [-0.2, 0) is 19.1 Å². The van der Waals surface area contributed by atoms with Crippen molar-refractivity contribution in [2.24, 2.45) is 5.92 Å². The Bertz CT molecular complexity index is 383. The molecule has 2 unspecified atom stereocenters. The van der Waals surface area contributed by atoms with Gasteiger partial charge in [0.25, 0.3) is 0 Å². The fourth-order valence-electron chi connectivity index (χ4n) is 2.65. The van der Waals surface area contributed by atoms with Gasteiger partial charge >= 0.3 is 5.97 Å². The monoisotopic (exact) mass is 268 g/mol. The first-order valence-electron chi connectivity index (χ1n) is 6.86. The number of amides is 2. The summed E-state index contributed by atoms with van der Waals surface area (Å²) in [6, 6.07) is -0.409. The van der Waals surface area contributed by atoms with E-state index >= 15 is 0 Å². The number of nitrogens with zero attached hydrogens (tertiary/aromatic N) is 1. The van der Waals surface area contributed by atoms with Crippen LogP contribution in [0.4, 0.5) is 0 Å². The van der Waals surface area contributed by atoms with Gasteiger partial charge in [0, 0.05) is 19.5 Å². The lowest BCUT2D eigenvalue weighted by atomic mass is 9.97. The van der Waals surface area contributed by atoms with Gasteiger partial charge in [-0.15, -0.1) is 0 Å². The third-order valence-corrected chi connectivity index (χ3v) is 3.65. The van der Waals surface area contributed by atoms with Gasteiger partial charge in [0.05, 0.1) is 12.5 Å². The lowest BCUT2D eigenvalue weighted by Gasteiger charge is -2.33. The Morgan fingerprint density at radius 2 is 2.21 bits per heavy atom. The number of likely N-dealkylation sites (tertiary alicyclic amines) is 1. The molecule has 2 aliphatic rings. The van der Waals surface area contributed by atoms with Crippen molar-refractivity contribution in [3.05, 3.63) is 0 Å². The smallest absolute Gasteiger partial charge is 0.310 e. The minimum Gasteiger partial charge on any atom is -0.466 e. The number of hydrogen-bond acceptors (Lipinski definition) is 4. The van der Waals surface area contributed by atoms with Gasteiger partial charge in [-0.25, -0.2) is 0 Å². The summed E-state index contributed by atoms with van der Waals surface area (Å²) in [6.07, 6.45) is 2.53. The lowest BCUT2D eigenvalue weighted by molar-refractivity contribution is -0.151. The molecule has 0 bridgehead atoms. The van der Waals surface area contributed by atoms with Crippen molar-refractivity contribution in [1.82, 2.24) is 10.2 Å². The normalized spacial score (nSPS) is 27.0. The van der Waals surface area contributed by atoms with Crippen LogP contribution in [0.15, 0.2) is 0 Å². The van der Waals surface area contributed by atoms with Crippen molar-refractivity contribution >= 4 is 17.8 Å². The SMILES string of the molecule is CCOC(=O)C1CCCN(C(=O)C2CCC(=O)N2)C1. The fourth-order valence-corrected chi connectivity index (χ4v) is 2.65. The lowest BCUT2D eigenvalue weighted by Crippen LogP contribution is -2.49. The molecule has 6 heteroatoms. The average Bonchev–Trinajstić information content (AvgIpc) is 2.85. The van der Waals surface area contributed by atoms with Gasteiger partial charge in [-0.2, -0.15) is 0 Å². The molecule has 0 aromatic carbocycles. The summed E-state index contributed by atoms with van der Waals surface area (Å²) in [7, 11) is 0. The molecule has 19 heavy (non-hydrogen) atoms. The van der Waals surface area contributed by atoms with E-state index in [1.165, 1.54) is 0 Å². The molecular formula is C13H20N2O4. The number of esters is 1. The van der Waals surface area contributed by atoms with Crippen molar-refractivity contribution in [3.8, 4) is 0 Å². The van der Waals surface area contributed by atoms with E-state index in [2.05, 4.69) is 5.32 Å². The van der Waals surface area contributed by atoms with Gasteiger partial charge < -0.3 is 15.0 Å². The van der Waals surface area contributed by atoms with Crippen LogP contribution in [0.3, 0.4) is 0 Å². The summed E-state index contributed by atoms with van der Waals surface area (Å²) in [5.74, 6) is -0.595. The molecule has 2 atom stereocenters. The molecule has 6 nitrogen and oxygen atoms in total. The zero-order valence-electron chi connectivity index (χ0n) is 11.2. The predicted octanol–water partition coefficient (Wildman–Crippen LogP) is 0.0667. The second-order valence-electron chi connectivity index (χ2n) is 5.03. The third-order valence-electron chi connectivity index (χ3n) is 3.65. The molecule has 0 saturated carbocycles. The van der Waals surface area contributed by atoms with E-state index in [-0.39, 0.29) is 23.7 Å². The number of hydrogen-bond donors (Lipinski definition) is 1. The summed E-state index contributed by atoms with van der Waals surface area (Å²) >= 11 is 0. The van der Waals surface area contributed by atoms with Crippen LogP contribution in [0, 0.1) is 5.92 Å². The average molecular weight is 268 g/mol. The third kappa shape index (κ3) is 3.24.